The normalized spacial score (nSPS) is 19.6. The number of thiophene rings is 1. The number of rotatable bonds is 8. The lowest BCUT2D eigenvalue weighted by Gasteiger charge is -2.36. The SMILES string of the molecule is CN=C(NCC(c1cccs1)N1CCC(C)CC1)NC(C)CCS(C)(=O)=O. The Hall–Kier alpha value is -1.12. The van der Waals surface area contributed by atoms with E-state index in [1.807, 2.05) is 6.92 Å². The molecule has 27 heavy (non-hydrogen) atoms. The van der Waals surface area contributed by atoms with Crippen LogP contribution in [0.5, 0.6) is 0 Å². The van der Waals surface area contributed by atoms with Crippen molar-refractivity contribution in [3.63, 3.8) is 0 Å². The van der Waals surface area contributed by atoms with Crippen LogP contribution in [0, 0.1) is 5.92 Å². The molecule has 0 saturated carbocycles. The van der Waals surface area contributed by atoms with Gasteiger partial charge < -0.3 is 10.6 Å². The molecule has 2 unspecified atom stereocenters. The fourth-order valence-electron chi connectivity index (χ4n) is 3.32. The largest absolute Gasteiger partial charge is 0.354 e. The lowest BCUT2D eigenvalue weighted by molar-refractivity contribution is 0.140. The minimum absolute atomic E-state index is 0.0435. The summed E-state index contributed by atoms with van der Waals surface area (Å²) in [6, 6.07) is 4.70. The maximum absolute atomic E-state index is 11.4. The third-order valence-corrected chi connectivity index (χ3v) is 7.07. The van der Waals surface area contributed by atoms with E-state index in [9.17, 15) is 8.42 Å². The van der Waals surface area contributed by atoms with Crippen molar-refractivity contribution < 1.29 is 8.42 Å². The van der Waals surface area contributed by atoms with Crippen LogP contribution < -0.4 is 10.6 Å². The van der Waals surface area contributed by atoms with Crippen molar-refractivity contribution in [2.75, 3.05) is 38.7 Å². The second-order valence-corrected chi connectivity index (χ2v) is 10.9. The Labute approximate surface area is 168 Å². The van der Waals surface area contributed by atoms with Gasteiger partial charge in [0.2, 0.25) is 0 Å². The van der Waals surface area contributed by atoms with Gasteiger partial charge in [-0.05, 0) is 56.6 Å². The number of hydrogen-bond donors (Lipinski definition) is 2. The molecule has 2 N–H and O–H groups in total. The molecule has 2 atom stereocenters. The lowest BCUT2D eigenvalue weighted by atomic mass is 9.97. The monoisotopic (exact) mass is 414 g/mol. The first kappa shape index (κ1) is 22.2. The summed E-state index contributed by atoms with van der Waals surface area (Å²) in [7, 11) is -1.19. The van der Waals surface area contributed by atoms with Crippen LogP contribution >= 0.6 is 11.3 Å². The molecule has 1 aromatic rings. The summed E-state index contributed by atoms with van der Waals surface area (Å²) in [5.74, 6) is 1.72. The van der Waals surface area contributed by atoms with Crippen LogP contribution in [0.4, 0.5) is 0 Å². The van der Waals surface area contributed by atoms with Crippen molar-refractivity contribution >= 4 is 27.1 Å². The van der Waals surface area contributed by atoms with Crippen molar-refractivity contribution in [1.29, 1.82) is 0 Å². The molecule has 0 spiro atoms. The third-order valence-electron chi connectivity index (χ3n) is 5.12. The van der Waals surface area contributed by atoms with Gasteiger partial charge in [0, 0.05) is 30.8 Å². The van der Waals surface area contributed by atoms with Gasteiger partial charge in [-0.15, -0.1) is 11.3 Å². The van der Waals surface area contributed by atoms with Gasteiger partial charge >= 0.3 is 0 Å². The topological polar surface area (TPSA) is 73.8 Å². The average molecular weight is 415 g/mol. The highest BCUT2D eigenvalue weighted by Gasteiger charge is 2.25. The summed E-state index contributed by atoms with van der Waals surface area (Å²) in [5.41, 5.74) is 0. The summed E-state index contributed by atoms with van der Waals surface area (Å²) in [6.07, 6.45) is 4.34. The van der Waals surface area contributed by atoms with Gasteiger partial charge in [0.05, 0.1) is 11.8 Å². The van der Waals surface area contributed by atoms with Crippen molar-refractivity contribution in [1.82, 2.24) is 15.5 Å². The molecule has 2 heterocycles. The molecular formula is C19H34N4O2S2. The molecular weight excluding hydrogens is 380 g/mol. The van der Waals surface area contributed by atoms with Gasteiger partial charge in [-0.2, -0.15) is 0 Å². The number of nitrogens with zero attached hydrogens (tertiary/aromatic N) is 2. The maximum Gasteiger partial charge on any atom is 0.191 e. The predicted molar refractivity (Wildman–Crippen MR) is 115 cm³/mol. The van der Waals surface area contributed by atoms with Gasteiger partial charge in [0.25, 0.3) is 0 Å². The number of nitrogens with one attached hydrogen (secondary N) is 2. The van der Waals surface area contributed by atoms with E-state index >= 15 is 0 Å². The molecule has 1 aliphatic rings. The molecule has 8 heteroatoms. The molecule has 0 amide bonds. The third kappa shape index (κ3) is 7.79. The second kappa shape index (κ2) is 10.4. The first-order valence-electron chi connectivity index (χ1n) is 9.71. The highest BCUT2D eigenvalue weighted by atomic mass is 32.2. The molecule has 0 aromatic carbocycles. The molecule has 1 aliphatic heterocycles. The van der Waals surface area contributed by atoms with Crippen LogP contribution in [0.1, 0.15) is 44.0 Å². The van der Waals surface area contributed by atoms with E-state index in [1.165, 1.54) is 24.0 Å². The lowest BCUT2D eigenvalue weighted by Crippen LogP contribution is -2.47. The number of aliphatic imine (C=N–C) groups is 1. The van der Waals surface area contributed by atoms with Crippen molar-refractivity contribution in [2.45, 2.75) is 45.2 Å². The quantitative estimate of drug-likeness (QED) is 0.505. The van der Waals surface area contributed by atoms with Crippen LogP contribution in [-0.4, -0.2) is 64.0 Å². The standard InChI is InChI=1S/C19H34N4O2S2/c1-15-7-10-23(11-8-15)17(18-6-5-12-26-18)14-21-19(20-3)22-16(2)9-13-27(4,24)25/h5-6,12,15-17H,7-11,13-14H2,1-4H3,(H2,20,21,22). The van der Waals surface area contributed by atoms with Crippen LogP contribution in [0.25, 0.3) is 0 Å². The zero-order valence-electron chi connectivity index (χ0n) is 16.9. The van der Waals surface area contributed by atoms with Crippen LogP contribution in [0.15, 0.2) is 22.5 Å². The zero-order chi connectivity index (χ0) is 19.9. The van der Waals surface area contributed by atoms with Gasteiger partial charge in [0.1, 0.15) is 9.84 Å². The maximum atomic E-state index is 11.4. The minimum Gasteiger partial charge on any atom is -0.354 e. The van der Waals surface area contributed by atoms with Crippen molar-refractivity contribution in [3.05, 3.63) is 22.4 Å². The number of sulfone groups is 1. The Kier molecular flexibility index (Phi) is 8.57. The zero-order valence-corrected chi connectivity index (χ0v) is 18.6. The fraction of sp³-hybridized carbons (Fsp3) is 0.737. The molecule has 2 rings (SSSR count). The summed E-state index contributed by atoms with van der Waals surface area (Å²) >= 11 is 1.80. The van der Waals surface area contributed by atoms with E-state index < -0.39 is 9.84 Å². The summed E-state index contributed by atoms with van der Waals surface area (Å²) in [5, 5.41) is 8.89. The number of piperidine rings is 1. The highest BCUT2D eigenvalue weighted by Crippen LogP contribution is 2.29. The Morgan fingerprint density at radius 2 is 2.11 bits per heavy atom. The summed E-state index contributed by atoms with van der Waals surface area (Å²) in [4.78, 5) is 8.25. The summed E-state index contributed by atoms with van der Waals surface area (Å²) in [6.45, 7) is 7.36. The van der Waals surface area contributed by atoms with E-state index in [0.29, 0.717) is 12.5 Å². The Morgan fingerprint density at radius 1 is 1.41 bits per heavy atom. The van der Waals surface area contributed by atoms with Gasteiger partial charge in [-0.3, -0.25) is 9.89 Å². The highest BCUT2D eigenvalue weighted by molar-refractivity contribution is 7.90. The number of guanidine groups is 1. The molecule has 0 radical (unpaired) electrons. The summed E-state index contributed by atoms with van der Waals surface area (Å²) < 4.78 is 22.7. The first-order chi connectivity index (χ1) is 12.8. The second-order valence-electron chi connectivity index (χ2n) is 7.67. The first-order valence-corrected chi connectivity index (χ1v) is 12.6. The fourth-order valence-corrected chi connectivity index (χ4v) is 4.96. The van der Waals surface area contributed by atoms with Crippen LogP contribution in [-0.2, 0) is 9.84 Å². The van der Waals surface area contributed by atoms with Gasteiger partial charge in [-0.1, -0.05) is 13.0 Å². The smallest absolute Gasteiger partial charge is 0.191 e. The van der Waals surface area contributed by atoms with E-state index in [-0.39, 0.29) is 11.8 Å². The minimum atomic E-state index is -2.94. The molecule has 1 saturated heterocycles. The Bertz CT molecular complexity index is 681. The van der Waals surface area contributed by atoms with Crippen LogP contribution in [0.2, 0.25) is 0 Å². The average Bonchev–Trinajstić information content (AvgIpc) is 3.14. The van der Waals surface area contributed by atoms with Crippen LogP contribution in [0.3, 0.4) is 0 Å². The molecule has 6 nitrogen and oxygen atoms in total. The Balaban J connectivity index is 1.92. The Morgan fingerprint density at radius 3 is 2.67 bits per heavy atom. The van der Waals surface area contributed by atoms with Crippen molar-refractivity contribution in [2.24, 2.45) is 10.9 Å². The molecule has 154 valence electrons. The molecule has 0 bridgehead atoms. The van der Waals surface area contributed by atoms with E-state index in [4.69, 9.17) is 0 Å². The molecule has 1 fully saturated rings. The van der Waals surface area contributed by atoms with E-state index in [1.54, 1.807) is 18.4 Å². The molecule has 1 aromatic heterocycles. The van der Waals surface area contributed by atoms with E-state index in [0.717, 1.165) is 31.5 Å². The predicted octanol–water partition coefficient (Wildman–Crippen LogP) is 2.51. The van der Waals surface area contributed by atoms with E-state index in [2.05, 4.69) is 45.0 Å². The number of likely N-dealkylation sites (tertiary alicyclic amines) is 1. The number of hydrogen-bond acceptors (Lipinski definition) is 5. The van der Waals surface area contributed by atoms with Gasteiger partial charge in [-0.25, -0.2) is 8.42 Å². The van der Waals surface area contributed by atoms with Gasteiger partial charge in [0.15, 0.2) is 5.96 Å². The van der Waals surface area contributed by atoms with Crippen molar-refractivity contribution in [3.8, 4) is 0 Å². The molecule has 0 aliphatic carbocycles.